The molecule has 2 heterocycles. The largest absolute Gasteiger partial charge is 0.379 e. The van der Waals surface area contributed by atoms with E-state index in [1.54, 1.807) is 0 Å². The standard InChI is InChI=1S/C18H31N3O2.2ClH/c19-16-4-3-14-12-20(13-15(14)16)17(22)11-18(5-1-2-6-18)21-7-9-23-10-8-21;;/h14-16H,1-13,19H2;2*1H. The van der Waals surface area contributed by atoms with Gasteiger partial charge in [0.25, 0.3) is 0 Å². The number of likely N-dealkylation sites (tertiary alicyclic amines) is 1. The Morgan fingerprint density at radius 2 is 1.76 bits per heavy atom. The minimum Gasteiger partial charge on any atom is -0.379 e. The molecule has 0 aromatic heterocycles. The molecule has 146 valence electrons. The van der Waals surface area contributed by atoms with Crippen LogP contribution < -0.4 is 5.73 Å². The Hall–Kier alpha value is -0.0700. The molecule has 3 atom stereocenters. The summed E-state index contributed by atoms with van der Waals surface area (Å²) >= 11 is 0. The van der Waals surface area contributed by atoms with Crippen molar-refractivity contribution in [2.24, 2.45) is 17.6 Å². The fraction of sp³-hybridized carbons (Fsp3) is 0.944. The molecule has 0 aromatic carbocycles. The number of rotatable bonds is 3. The molecule has 0 bridgehead atoms. The number of fused-ring (bicyclic) bond motifs is 1. The predicted molar refractivity (Wildman–Crippen MR) is 103 cm³/mol. The van der Waals surface area contributed by atoms with Crippen LogP contribution in [0.15, 0.2) is 0 Å². The van der Waals surface area contributed by atoms with Gasteiger partial charge in [-0.25, -0.2) is 0 Å². The average Bonchev–Trinajstić information content (AvgIpc) is 3.27. The first-order chi connectivity index (χ1) is 11.2. The second-order valence-electron chi connectivity index (χ2n) is 8.17. The second kappa shape index (κ2) is 8.75. The van der Waals surface area contributed by atoms with Gasteiger partial charge in [0, 0.05) is 44.2 Å². The van der Waals surface area contributed by atoms with Crippen LogP contribution in [0.1, 0.15) is 44.9 Å². The lowest BCUT2D eigenvalue weighted by Gasteiger charge is -2.43. The summed E-state index contributed by atoms with van der Waals surface area (Å²) in [4.78, 5) is 17.7. The number of carbonyl (C=O) groups is 1. The molecule has 4 fully saturated rings. The predicted octanol–water partition coefficient (Wildman–Crippen LogP) is 2.06. The molecule has 2 aliphatic heterocycles. The first-order valence-electron chi connectivity index (χ1n) is 9.54. The monoisotopic (exact) mass is 393 g/mol. The molecule has 2 N–H and O–H groups in total. The molecule has 5 nitrogen and oxygen atoms in total. The third-order valence-electron chi connectivity index (χ3n) is 6.96. The van der Waals surface area contributed by atoms with Crippen molar-refractivity contribution in [1.82, 2.24) is 9.80 Å². The topological polar surface area (TPSA) is 58.8 Å². The number of morpholine rings is 1. The van der Waals surface area contributed by atoms with Crippen molar-refractivity contribution >= 4 is 30.7 Å². The summed E-state index contributed by atoms with van der Waals surface area (Å²) in [6.07, 6.45) is 7.96. The molecular weight excluding hydrogens is 361 g/mol. The zero-order valence-electron chi connectivity index (χ0n) is 15.0. The number of amides is 1. The van der Waals surface area contributed by atoms with E-state index in [9.17, 15) is 4.79 Å². The zero-order chi connectivity index (χ0) is 15.9. The summed E-state index contributed by atoms with van der Waals surface area (Å²) in [6, 6.07) is 0.317. The molecule has 4 aliphatic rings. The molecule has 3 unspecified atom stereocenters. The quantitative estimate of drug-likeness (QED) is 0.796. The van der Waals surface area contributed by atoms with Crippen LogP contribution in [0.4, 0.5) is 0 Å². The molecule has 0 aromatic rings. The summed E-state index contributed by atoms with van der Waals surface area (Å²) in [7, 11) is 0. The van der Waals surface area contributed by atoms with Crippen LogP contribution in [0.5, 0.6) is 0 Å². The molecule has 0 radical (unpaired) electrons. The molecule has 7 heteroatoms. The van der Waals surface area contributed by atoms with Gasteiger partial charge >= 0.3 is 0 Å². The van der Waals surface area contributed by atoms with Crippen LogP contribution >= 0.6 is 24.8 Å². The Labute approximate surface area is 163 Å². The van der Waals surface area contributed by atoms with Gasteiger partial charge in [-0.2, -0.15) is 0 Å². The minimum absolute atomic E-state index is 0. The highest BCUT2D eigenvalue weighted by Gasteiger charge is 2.46. The summed E-state index contributed by atoms with van der Waals surface area (Å²) in [5, 5.41) is 0. The molecule has 2 saturated carbocycles. The lowest BCUT2D eigenvalue weighted by molar-refractivity contribution is -0.135. The van der Waals surface area contributed by atoms with Gasteiger partial charge in [-0.1, -0.05) is 12.8 Å². The Morgan fingerprint density at radius 3 is 2.40 bits per heavy atom. The van der Waals surface area contributed by atoms with Crippen LogP contribution in [-0.2, 0) is 9.53 Å². The summed E-state index contributed by atoms with van der Waals surface area (Å²) < 4.78 is 5.52. The SMILES string of the molecule is Cl.Cl.NC1CCC2CN(C(=O)CC3(N4CCOCC4)CCCC3)CC12. The zero-order valence-corrected chi connectivity index (χ0v) is 16.7. The Kier molecular flexibility index (Phi) is 7.43. The summed E-state index contributed by atoms with van der Waals surface area (Å²) in [6.45, 7) is 5.48. The second-order valence-corrected chi connectivity index (χ2v) is 8.17. The number of nitrogens with zero attached hydrogens (tertiary/aromatic N) is 2. The van der Waals surface area contributed by atoms with E-state index in [-0.39, 0.29) is 30.4 Å². The van der Waals surface area contributed by atoms with Crippen LogP contribution in [0.25, 0.3) is 0 Å². The van der Waals surface area contributed by atoms with Crippen molar-refractivity contribution in [2.75, 3.05) is 39.4 Å². The third-order valence-corrected chi connectivity index (χ3v) is 6.96. The smallest absolute Gasteiger partial charge is 0.224 e. The van der Waals surface area contributed by atoms with Crippen LogP contribution in [0.2, 0.25) is 0 Å². The van der Waals surface area contributed by atoms with Gasteiger partial charge in [0.05, 0.1) is 13.2 Å². The van der Waals surface area contributed by atoms with Gasteiger partial charge < -0.3 is 15.4 Å². The van der Waals surface area contributed by atoms with Gasteiger partial charge in [0.1, 0.15) is 0 Å². The number of ether oxygens (including phenoxy) is 1. The van der Waals surface area contributed by atoms with Gasteiger partial charge in [0.15, 0.2) is 0 Å². The molecule has 0 spiro atoms. The lowest BCUT2D eigenvalue weighted by Crippen LogP contribution is -2.54. The van der Waals surface area contributed by atoms with Crippen molar-refractivity contribution in [3.8, 4) is 0 Å². The molecule has 2 saturated heterocycles. The molecular formula is C18H33Cl2N3O2. The number of halogens is 2. The Balaban J connectivity index is 0.00000113. The first-order valence-corrected chi connectivity index (χ1v) is 9.54. The molecule has 4 rings (SSSR count). The Morgan fingerprint density at radius 1 is 1.08 bits per heavy atom. The number of hydrogen-bond acceptors (Lipinski definition) is 4. The average molecular weight is 394 g/mol. The maximum Gasteiger partial charge on any atom is 0.224 e. The van der Waals surface area contributed by atoms with E-state index in [0.717, 1.165) is 45.8 Å². The van der Waals surface area contributed by atoms with E-state index in [1.807, 2.05) is 0 Å². The fourth-order valence-corrected chi connectivity index (χ4v) is 5.58. The highest BCUT2D eigenvalue weighted by molar-refractivity contribution is 5.85. The van der Waals surface area contributed by atoms with Gasteiger partial charge in [-0.15, -0.1) is 24.8 Å². The van der Waals surface area contributed by atoms with Crippen molar-refractivity contribution in [1.29, 1.82) is 0 Å². The number of hydrogen-bond donors (Lipinski definition) is 1. The molecule has 25 heavy (non-hydrogen) atoms. The fourth-order valence-electron chi connectivity index (χ4n) is 5.58. The third kappa shape index (κ3) is 4.11. The summed E-state index contributed by atoms with van der Waals surface area (Å²) in [5.74, 6) is 1.60. The lowest BCUT2D eigenvalue weighted by atomic mass is 9.89. The highest BCUT2D eigenvalue weighted by Crippen LogP contribution is 2.41. The van der Waals surface area contributed by atoms with Crippen molar-refractivity contribution in [2.45, 2.75) is 56.5 Å². The first kappa shape index (κ1) is 21.2. The maximum atomic E-state index is 13.0. The molecule has 2 aliphatic carbocycles. The van der Waals surface area contributed by atoms with Gasteiger partial charge in [-0.3, -0.25) is 9.69 Å². The van der Waals surface area contributed by atoms with E-state index in [4.69, 9.17) is 10.5 Å². The molecule has 1 amide bonds. The minimum atomic E-state index is 0. The van der Waals surface area contributed by atoms with Crippen LogP contribution in [0.3, 0.4) is 0 Å². The van der Waals surface area contributed by atoms with Crippen molar-refractivity contribution < 1.29 is 9.53 Å². The van der Waals surface area contributed by atoms with E-state index >= 15 is 0 Å². The van der Waals surface area contributed by atoms with Crippen molar-refractivity contribution in [3.63, 3.8) is 0 Å². The van der Waals surface area contributed by atoms with Crippen LogP contribution in [0, 0.1) is 11.8 Å². The van der Waals surface area contributed by atoms with Gasteiger partial charge in [-0.05, 0) is 37.5 Å². The number of carbonyl (C=O) groups excluding carboxylic acids is 1. The van der Waals surface area contributed by atoms with Crippen molar-refractivity contribution in [3.05, 3.63) is 0 Å². The van der Waals surface area contributed by atoms with Gasteiger partial charge in [0.2, 0.25) is 5.91 Å². The van der Waals surface area contributed by atoms with E-state index in [2.05, 4.69) is 9.80 Å². The van der Waals surface area contributed by atoms with E-state index in [0.29, 0.717) is 30.2 Å². The van der Waals surface area contributed by atoms with E-state index < -0.39 is 0 Å². The Bertz CT molecular complexity index is 454. The number of nitrogens with two attached hydrogens (primary N) is 1. The normalized spacial score (nSPS) is 34.3. The highest BCUT2D eigenvalue weighted by atomic mass is 35.5. The van der Waals surface area contributed by atoms with Crippen LogP contribution in [-0.4, -0.2) is 66.7 Å². The van der Waals surface area contributed by atoms with E-state index in [1.165, 1.54) is 32.1 Å². The maximum absolute atomic E-state index is 13.0. The summed E-state index contributed by atoms with van der Waals surface area (Å²) in [5.41, 5.74) is 6.34.